The lowest BCUT2D eigenvalue weighted by Gasteiger charge is -2.11. The molecule has 0 bridgehead atoms. The molecular weight excluding hydrogens is 773 g/mol. The molecule has 0 aliphatic heterocycles. The van der Waals surface area contributed by atoms with Crippen LogP contribution in [-0.4, -0.2) is 38.6 Å². The van der Waals surface area contributed by atoms with E-state index in [0.717, 1.165) is 88.4 Å². The first-order chi connectivity index (χ1) is 31.2. The number of fused-ring (bicyclic) bond motifs is 9. The smallest absolute Gasteiger partial charge is 0.238 e. The number of para-hydroxylation sites is 3. The van der Waals surface area contributed by atoms with E-state index in [2.05, 4.69) is 146 Å². The van der Waals surface area contributed by atoms with Crippen molar-refractivity contribution in [2.24, 2.45) is 0 Å². The maximum atomic E-state index is 5.13. The number of benzene rings is 8. The molecule has 63 heavy (non-hydrogen) atoms. The van der Waals surface area contributed by atoms with Crippen molar-refractivity contribution < 1.29 is 0 Å². The van der Waals surface area contributed by atoms with Crippen LogP contribution < -0.4 is 0 Å². The van der Waals surface area contributed by atoms with Gasteiger partial charge in [0.1, 0.15) is 6.33 Å². The zero-order valence-corrected chi connectivity index (χ0v) is 33.7. The predicted octanol–water partition coefficient (Wildman–Crippen LogP) is 13.0. The predicted molar refractivity (Wildman–Crippen MR) is 255 cm³/mol. The van der Waals surface area contributed by atoms with Crippen LogP contribution in [0.3, 0.4) is 0 Å². The number of hydrogen-bond donors (Lipinski definition) is 0. The highest BCUT2D eigenvalue weighted by molar-refractivity contribution is 6.13. The second-order valence-electron chi connectivity index (χ2n) is 15.8. The van der Waals surface area contributed by atoms with Crippen molar-refractivity contribution in [2.45, 2.75) is 0 Å². The minimum Gasteiger partial charge on any atom is -0.309 e. The largest absolute Gasteiger partial charge is 0.309 e. The molecule has 0 aliphatic rings. The molecule has 13 rings (SSSR count). The van der Waals surface area contributed by atoms with Crippen LogP contribution in [0.15, 0.2) is 207 Å². The van der Waals surface area contributed by atoms with Gasteiger partial charge in [-0.15, -0.1) is 0 Å². The van der Waals surface area contributed by atoms with Gasteiger partial charge in [0.2, 0.25) is 5.95 Å². The lowest BCUT2D eigenvalue weighted by atomic mass is 10.0. The van der Waals surface area contributed by atoms with Crippen molar-refractivity contribution >= 4 is 65.5 Å². The van der Waals surface area contributed by atoms with E-state index in [0.29, 0.717) is 17.6 Å². The SMILES string of the molecule is c1ccc(-c2nc(-c3ccccc3)nc(-n3c4ccccc4c4cc(-c5ccc6c7ccccc7n(-c7ccc8c(c7)c7ncncc7n8-c7ccccc7)c6c5)ccc43)n2)cc1. The zero-order valence-electron chi connectivity index (χ0n) is 33.7. The number of hydrogen-bond acceptors (Lipinski definition) is 5. The van der Waals surface area contributed by atoms with E-state index in [9.17, 15) is 0 Å². The summed E-state index contributed by atoms with van der Waals surface area (Å²) < 4.78 is 6.81. The summed E-state index contributed by atoms with van der Waals surface area (Å²) in [6, 6.07) is 68.1. The van der Waals surface area contributed by atoms with Crippen LogP contribution in [0.4, 0.5) is 0 Å². The second kappa shape index (κ2) is 13.9. The van der Waals surface area contributed by atoms with Crippen LogP contribution in [0.5, 0.6) is 0 Å². The first kappa shape index (κ1) is 35.0. The highest BCUT2D eigenvalue weighted by Crippen LogP contribution is 2.40. The summed E-state index contributed by atoms with van der Waals surface area (Å²) >= 11 is 0. The molecule has 5 aromatic heterocycles. The molecule has 8 aromatic carbocycles. The van der Waals surface area contributed by atoms with E-state index in [-0.39, 0.29) is 0 Å². The van der Waals surface area contributed by atoms with Gasteiger partial charge in [-0.25, -0.2) is 15.0 Å². The van der Waals surface area contributed by atoms with E-state index in [1.54, 1.807) is 6.33 Å². The number of aromatic nitrogens is 8. The summed E-state index contributed by atoms with van der Waals surface area (Å²) in [6.07, 6.45) is 3.54. The van der Waals surface area contributed by atoms with Crippen LogP contribution in [0.1, 0.15) is 0 Å². The number of nitrogens with zero attached hydrogens (tertiary/aromatic N) is 8. The van der Waals surface area contributed by atoms with Gasteiger partial charge in [0.15, 0.2) is 11.6 Å². The van der Waals surface area contributed by atoms with E-state index in [4.69, 9.17) is 19.9 Å². The summed E-state index contributed by atoms with van der Waals surface area (Å²) in [4.78, 5) is 24.4. The van der Waals surface area contributed by atoms with Crippen LogP contribution in [0, 0.1) is 0 Å². The maximum Gasteiger partial charge on any atom is 0.238 e. The molecule has 294 valence electrons. The van der Waals surface area contributed by atoms with Crippen LogP contribution in [0.25, 0.3) is 117 Å². The fourth-order valence-electron chi connectivity index (χ4n) is 9.42. The van der Waals surface area contributed by atoms with Crippen molar-refractivity contribution in [3.63, 3.8) is 0 Å². The van der Waals surface area contributed by atoms with Gasteiger partial charge in [0, 0.05) is 49.4 Å². The molecule has 0 amide bonds. The van der Waals surface area contributed by atoms with E-state index >= 15 is 0 Å². The lowest BCUT2D eigenvalue weighted by molar-refractivity contribution is 0.953. The Morgan fingerprint density at radius 2 is 0.857 bits per heavy atom. The van der Waals surface area contributed by atoms with Gasteiger partial charge in [-0.1, -0.05) is 133 Å². The molecule has 8 heteroatoms. The molecule has 5 heterocycles. The highest BCUT2D eigenvalue weighted by Gasteiger charge is 2.21. The van der Waals surface area contributed by atoms with Gasteiger partial charge in [-0.2, -0.15) is 9.97 Å². The van der Waals surface area contributed by atoms with Crippen molar-refractivity contribution in [3.05, 3.63) is 207 Å². The molecule has 13 aromatic rings. The summed E-state index contributed by atoms with van der Waals surface area (Å²) in [5, 5.41) is 5.71. The van der Waals surface area contributed by atoms with Crippen LogP contribution >= 0.6 is 0 Å². The summed E-state index contributed by atoms with van der Waals surface area (Å²) in [6.45, 7) is 0. The van der Waals surface area contributed by atoms with E-state index in [1.165, 1.54) is 10.8 Å². The minimum atomic E-state index is 0.572. The maximum absolute atomic E-state index is 5.13. The van der Waals surface area contributed by atoms with Gasteiger partial charge in [0.25, 0.3) is 0 Å². The third kappa shape index (κ3) is 5.52. The first-order valence-corrected chi connectivity index (χ1v) is 21.0. The zero-order chi connectivity index (χ0) is 41.4. The quantitative estimate of drug-likeness (QED) is 0.167. The fourth-order valence-corrected chi connectivity index (χ4v) is 9.42. The Hall–Kier alpha value is -8.75. The molecular formula is C55H34N8. The summed E-state index contributed by atoms with van der Waals surface area (Å²) in [7, 11) is 0. The molecule has 0 fully saturated rings. The Morgan fingerprint density at radius 3 is 1.59 bits per heavy atom. The van der Waals surface area contributed by atoms with Crippen LogP contribution in [0.2, 0.25) is 0 Å². The molecule has 0 unspecified atom stereocenters. The van der Waals surface area contributed by atoms with Gasteiger partial charge in [-0.3, -0.25) is 4.57 Å². The van der Waals surface area contributed by atoms with Crippen molar-refractivity contribution in [3.8, 4) is 51.2 Å². The average molecular weight is 807 g/mol. The molecule has 0 spiro atoms. The third-order valence-corrected chi connectivity index (χ3v) is 12.2. The normalized spacial score (nSPS) is 11.8. The Balaban J connectivity index is 0.991. The number of rotatable bonds is 6. The molecule has 0 N–H and O–H groups in total. The highest BCUT2D eigenvalue weighted by atomic mass is 15.2. The third-order valence-electron chi connectivity index (χ3n) is 12.2. The molecule has 8 nitrogen and oxygen atoms in total. The van der Waals surface area contributed by atoms with Crippen LogP contribution in [-0.2, 0) is 0 Å². The van der Waals surface area contributed by atoms with Gasteiger partial charge in [-0.05, 0) is 71.8 Å². The Labute approximate surface area is 360 Å². The molecule has 0 saturated carbocycles. The lowest BCUT2D eigenvalue weighted by Crippen LogP contribution is -2.06. The first-order valence-electron chi connectivity index (χ1n) is 21.0. The van der Waals surface area contributed by atoms with Gasteiger partial charge in [0.05, 0.1) is 44.8 Å². The molecule has 0 saturated heterocycles. The summed E-state index contributed by atoms with van der Waals surface area (Å²) in [5.74, 6) is 1.82. The minimum absolute atomic E-state index is 0.572. The van der Waals surface area contributed by atoms with Crippen molar-refractivity contribution in [2.75, 3.05) is 0 Å². The van der Waals surface area contributed by atoms with Crippen molar-refractivity contribution in [1.82, 2.24) is 38.6 Å². The fraction of sp³-hybridized carbons (Fsp3) is 0. The second-order valence-corrected chi connectivity index (χ2v) is 15.8. The van der Waals surface area contributed by atoms with Crippen molar-refractivity contribution in [1.29, 1.82) is 0 Å². The molecule has 0 atom stereocenters. The molecule has 0 aliphatic carbocycles. The Bertz CT molecular complexity index is 3850. The van der Waals surface area contributed by atoms with Gasteiger partial charge < -0.3 is 9.13 Å². The molecule has 0 radical (unpaired) electrons. The average Bonchev–Trinajstić information content (AvgIpc) is 3.99. The topological polar surface area (TPSA) is 79.2 Å². The Kier molecular flexibility index (Phi) is 7.74. The summed E-state index contributed by atoms with van der Waals surface area (Å²) in [5.41, 5.74) is 13.5. The monoisotopic (exact) mass is 806 g/mol. The Morgan fingerprint density at radius 1 is 0.317 bits per heavy atom. The van der Waals surface area contributed by atoms with Gasteiger partial charge >= 0.3 is 0 Å². The standard InChI is InChI=1S/C55H34N8/c1-4-14-35(15-5-1)53-58-54(36-16-6-2-7-17-36)60-55(59-53)63-47-23-13-11-21-42(47)44-30-37(25-28-48(44)63)38-24-27-43-41-20-10-12-22-46(41)62(50(43)31-38)40-26-29-49-45(32-40)52-51(33-56-34-57-52)61(49)39-18-8-3-9-19-39/h1-34H. The van der Waals surface area contributed by atoms with E-state index in [1.807, 2.05) is 72.9 Å². The van der Waals surface area contributed by atoms with E-state index < -0.39 is 0 Å².